The summed E-state index contributed by atoms with van der Waals surface area (Å²) in [7, 11) is 0. The maximum Gasteiger partial charge on any atom is 0.273 e. The molecular formula is C15H18N2O. The van der Waals surface area contributed by atoms with E-state index in [4.69, 9.17) is 0 Å². The van der Waals surface area contributed by atoms with E-state index in [0.717, 1.165) is 24.1 Å². The van der Waals surface area contributed by atoms with Crippen LogP contribution in [0.3, 0.4) is 0 Å². The summed E-state index contributed by atoms with van der Waals surface area (Å²) in [4.78, 5) is 11.8. The number of hydrazone groups is 1. The van der Waals surface area contributed by atoms with E-state index in [1.165, 1.54) is 0 Å². The second-order valence-electron chi connectivity index (χ2n) is 4.42. The molecule has 0 spiro atoms. The van der Waals surface area contributed by atoms with Crippen LogP contribution in [0.25, 0.3) is 0 Å². The minimum absolute atomic E-state index is 0.0965. The number of rotatable bonds is 4. The van der Waals surface area contributed by atoms with Crippen LogP contribution in [0.5, 0.6) is 0 Å². The Bertz CT molecular complexity index is 484. The monoisotopic (exact) mass is 242 g/mol. The van der Waals surface area contributed by atoms with Gasteiger partial charge in [0.05, 0.1) is 5.57 Å². The molecule has 3 heteroatoms. The van der Waals surface area contributed by atoms with E-state index in [1.807, 2.05) is 36.4 Å². The topological polar surface area (TPSA) is 41.5 Å². The van der Waals surface area contributed by atoms with Gasteiger partial charge in [-0.15, -0.1) is 0 Å². The fourth-order valence-corrected chi connectivity index (χ4v) is 2.07. The van der Waals surface area contributed by atoms with Crippen LogP contribution in [-0.2, 0) is 4.79 Å². The van der Waals surface area contributed by atoms with Crippen LogP contribution in [0.15, 0.2) is 47.1 Å². The Labute approximate surface area is 108 Å². The molecule has 0 aliphatic carbocycles. The highest BCUT2D eigenvalue weighted by Crippen LogP contribution is 2.19. The van der Waals surface area contributed by atoms with Gasteiger partial charge in [-0.2, -0.15) is 5.10 Å². The van der Waals surface area contributed by atoms with Crippen molar-refractivity contribution in [1.29, 1.82) is 0 Å². The molecule has 1 aliphatic rings. The Morgan fingerprint density at radius 2 is 1.89 bits per heavy atom. The van der Waals surface area contributed by atoms with Gasteiger partial charge in [0.1, 0.15) is 5.71 Å². The number of benzene rings is 1. The minimum atomic E-state index is -0.0965. The second-order valence-corrected chi connectivity index (χ2v) is 4.42. The highest BCUT2D eigenvalue weighted by molar-refractivity contribution is 6.30. The number of hydrogen-bond donors (Lipinski definition) is 1. The number of nitrogens with one attached hydrogen (secondary N) is 1. The molecule has 0 aromatic heterocycles. The third kappa shape index (κ3) is 2.50. The van der Waals surface area contributed by atoms with Gasteiger partial charge in [0, 0.05) is 5.56 Å². The zero-order valence-corrected chi connectivity index (χ0v) is 10.8. The van der Waals surface area contributed by atoms with Crippen molar-refractivity contribution in [2.75, 3.05) is 0 Å². The zero-order chi connectivity index (χ0) is 13.0. The molecule has 0 saturated heterocycles. The van der Waals surface area contributed by atoms with Gasteiger partial charge in [0.15, 0.2) is 0 Å². The van der Waals surface area contributed by atoms with E-state index in [2.05, 4.69) is 24.4 Å². The predicted octanol–water partition coefficient (Wildman–Crippen LogP) is 2.88. The molecule has 3 nitrogen and oxygen atoms in total. The van der Waals surface area contributed by atoms with Gasteiger partial charge in [-0.25, -0.2) is 5.43 Å². The molecule has 1 aromatic rings. The van der Waals surface area contributed by atoms with Gasteiger partial charge in [-0.1, -0.05) is 50.3 Å². The molecule has 1 heterocycles. The Balaban J connectivity index is 2.34. The molecule has 2 rings (SSSR count). The van der Waals surface area contributed by atoms with E-state index >= 15 is 0 Å². The molecule has 0 fully saturated rings. The summed E-state index contributed by atoms with van der Waals surface area (Å²) in [5, 5.41) is 4.14. The van der Waals surface area contributed by atoms with Crippen molar-refractivity contribution >= 4 is 11.6 Å². The summed E-state index contributed by atoms with van der Waals surface area (Å²) in [6.45, 7) is 4.27. The maximum atomic E-state index is 11.8. The highest BCUT2D eigenvalue weighted by atomic mass is 16.2. The third-order valence-corrected chi connectivity index (χ3v) is 3.27. The maximum absolute atomic E-state index is 11.8. The molecule has 0 bridgehead atoms. The quantitative estimate of drug-likeness (QED) is 0.810. The first kappa shape index (κ1) is 12.6. The molecule has 1 amide bonds. The Kier molecular flexibility index (Phi) is 3.92. The molecule has 18 heavy (non-hydrogen) atoms. The molecule has 0 unspecified atom stereocenters. The fraction of sp³-hybridized carbons (Fsp3) is 0.333. The Morgan fingerprint density at radius 3 is 2.50 bits per heavy atom. The minimum Gasteiger partial charge on any atom is -0.267 e. The lowest BCUT2D eigenvalue weighted by atomic mass is 9.95. The van der Waals surface area contributed by atoms with Crippen molar-refractivity contribution in [2.45, 2.75) is 26.7 Å². The van der Waals surface area contributed by atoms with E-state index in [1.54, 1.807) is 0 Å². The Morgan fingerprint density at radius 1 is 1.22 bits per heavy atom. The lowest BCUT2D eigenvalue weighted by Crippen LogP contribution is -2.15. The number of carbonyl (C=O) groups is 1. The SMILES string of the molecule is CCC(C=C1C(=O)NN=C1c1ccccc1)CC. The molecule has 0 radical (unpaired) electrons. The summed E-state index contributed by atoms with van der Waals surface area (Å²) in [5.41, 5.74) is 4.99. The van der Waals surface area contributed by atoms with Crippen LogP contribution in [-0.4, -0.2) is 11.6 Å². The van der Waals surface area contributed by atoms with Crippen molar-refractivity contribution in [2.24, 2.45) is 11.0 Å². The van der Waals surface area contributed by atoms with Crippen LogP contribution in [0, 0.1) is 5.92 Å². The predicted molar refractivity (Wildman–Crippen MR) is 73.3 cm³/mol. The van der Waals surface area contributed by atoms with Gasteiger partial charge in [-0.3, -0.25) is 4.79 Å². The van der Waals surface area contributed by atoms with Crippen LogP contribution >= 0.6 is 0 Å². The van der Waals surface area contributed by atoms with Crippen molar-refractivity contribution in [3.05, 3.63) is 47.5 Å². The number of carbonyl (C=O) groups excluding carboxylic acids is 1. The van der Waals surface area contributed by atoms with Crippen molar-refractivity contribution in [1.82, 2.24) is 5.43 Å². The average Bonchev–Trinajstić information content (AvgIpc) is 2.78. The van der Waals surface area contributed by atoms with Gasteiger partial charge in [-0.05, 0) is 18.8 Å². The van der Waals surface area contributed by atoms with E-state index < -0.39 is 0 Å². The van der Waals surface area contributed by atoms with Gasteiger partial charge in [0.2, 0.25) is 0 Å². The summed E-state index contributed by atoms with van der Waals surface area (Å²) >= 11 is 0. The first-order valence-electron chi connectivity index (χ1n) is 6.41. The van der Waals surface area contributed by atoms with Crippen LogP contribution < -0.4 is 5.43 Å². The molecule has 0 atom stereocenters. The molecule has 0 saturated carbocycles. The summed E-state index contributed by atoms with van der Waals surface area (Å²) in [6.07, 6.45) is 4.12. The molecule has 1 aliphatic heterocycles. The van der Waals surface area contributed by atoms with Crippen LogP contribution in [0.4, 0.5) is 0 Å². The van der Waals surface area contributed by atoms with Crippen LogP contribution in [0.1, 0.15) is 32.3 Å². The zero-order valence-electron chi connectivity index (χ0n) is 10.8. The van der Waals surface area contributed by atoms with E-state index in [-0.39, 0.29) is 5.91 Å². The largest absolute Gasteiger partial charge is 0.273 e. The summed E-state index contributed by atoms with van der Waals surface area (Å²) < 4.78 is 0. The van der Waals surface area contributed by atoms with Gasteiger partial charge in [0.25, 0.3) is 5.91 Å². The Hall–Kier alpha value is -1.90. The molecule has 1 aromatic carbocycles. The number of hydrogen-bond acceptors (Lipinski definition) is 2. The lowest BCUT2D eigenvalue weighted by Gasteiger charge is -2.08. The van der Waals surface area contributed by atoms with E-state index in [0.29, 0.717) is 11.5 Å². The average molecular weight is 242 g/mol. The highest BCUT2D eigenvalue weighted by Gasteiger charge is 2.24. The summed E-state index contributed by atoms with van der Waals surface area (Å²) in [5.74, 6) is 0.332. The van der Waals surface area contributed by atoms with Crippen molar-refractivity contribution in [3.63, 3.8) is 0 Å². The fourth-order valence-electron chi connectivity index (χ4n) is 2.07. The van der Waals surface area contributed by atoms with Crippen molar-refractivity contribution < 1.29 is 4.79 Å². The normalized spacial score (nSPS) is 17.2. The third-order valence-electron chi connectivity index (χ3n) is 3.27. The van der Waals surface area contributed by atoms with Crippen LogP contribution in [0.2, 0.25) is 0 Å². The number of amides is 1. The van der Waals surface area contributed by atoms with Gasteiger partial charge < -0.3 is 0 Å². The lowest BCUT2D eigenvalue weighted by molar-refractivity contribution is -0.116. The number of allylic oxidation sites excluding steroid dienone is 1. The molecule has 94 valence electrons. The van der Waals surface area contributed by atoms with E-state index in [9.17, 15) is 4.79 Å². The summed E-state index contributed by atoms with van der Waals surface area (Å²) in [6, 6.07) is 9.81. The van der Waals surface area contributed by atoms with Crippen molar-refractivity contribution in [3.8, 4) is 0 Å². The number of nitrogens with zero attached hydrogens (tertiary/aromatic N) is 1. The first-order chi connectivity index (χ1) is 8.76. The smallest absolute Gasteiger partial charge is 0.267 e. The molecular weight excluding hydrogens is 224 g/mol. The van der Waals surface area contributed by atoms with Gasteiger partial charge >= 0.3 is 0 Å². The first-order valence-corrected chi connectivity index (χ1v) is 6.41. The molecule has 1 N–H and O–H groups in total. The second kappa shape index (κ2) is 5.63. The standard InChI is InChI=1S/C15H18N2O/c1-3-11(4-2)10-13-14(16-17-15(13)18)12-8-6-5-7-9-12/h5-11H,3-4H2,1-2H3,(H,17,18).